The lowest BCUT2D eigenvalue weighted by atomic mass is 10.1. The molecule has 0 aliphatic carbocycles. The van der Waals surface area contributed by atoms with Gasteiger partial charge in [-0.15, -0.1) is 0 Å². The van der Waals surface area contributed by atoms with Gasteiger partial charge in [-0.2, -0.15) is 5.10 Å². The van der Waals surface area contributed by atoms with Crippen LogP contribution in [0, 0.1) is 0 Å². The highest BCUT2D eigenvalue weighted by Crippen LogP contribution is 2.31. The summed E-state index contributed by atoms with van der Waals surface area (Å²) < 4.78 is 7.45. The molecule has 2 amide bonds. The lowest BCUT2D eigenvalue weighted by molar-refractivity contribution is -0.111. The number of aromatic nitrogens is 3. The number of carbonyl (C=O) groups is 2. The lowest BCUT2D eigenvalue weighted by Crippen LogP contribution is -2.12. The lowest BCUT2D eigenvalue weighted by Gasteiger charge is -2.06. The van der Waals surface area contributed by atoms with Gasteiger partial charge in [-0.25, -0.2) is 4.52 Å². The Balaban J connectivity index is 1.56. The van der Waals surface area contributed by atoms with Crippen LogP contribution in [0.1, 0.15) is 10.4 Å². The summed E-state index contributed by atoms with van der Waals surface area (Å²) in [6, 6.07) is 22.0. The first-order valence-electron chi connectivity index (χ1n) is 10.1. The summed E-state index contributed by atoms with van der Waals surface area (Å²) in [7, 11) is 0. The number of amides is 2. The first-order valence-corrected chi connectivity index (χ1v) is 10.1. The number of H-pyrrole nitrogens is 1. The van der Waals surface area contributed by atoms with Crippen LogP contribution in [-0.4, -0.2) is 26.4 Å². The number of primary amides is 1. The van der Waals surface area contributed by atoms with Crippen molar-refractivity contribution in [3.05, 3.63) is 91.0 Å². The van der Waals surface area contributed by atoms with E-state index in [-0.39, 0.29) is 11.5 Å². The number of para-hydroxylation sites is 1. The molecule has 0 aliphatic heterocycles. The number of hydrogen-bond donors (Lipinski definition) is 3. The van der Waals surface area contributed by atoms with Crippen LogP contribution >= 0.6 is 0 Å². The highest BCUT2D eigenvalue weighted by Gasteiger charge is 2.22. The van der Waals surface area contributed by atoms with Gasteiger partial charge in [-0.3, -0.25) is 9.59 Å². The molecule has 0 unspecified atom stereocenters. The SMILES string of the molecule is C=CC(=O)Nc1ccc2[nH]c3c(C(N)=O)c(-c4ccc(Oc5ccccc5)cc4)nn3c2c1. The van der Waals surface area contributed by atoms with Crippen LogP contribution < -0.4 is 15.8 Å². The van der Waals surface area contributed by atoms with Gasteiger partial charge in [0.2, 0.25) is 5.91 Å². The molecule has 0 bridgehead atoms. The van der Waals surface area contributed by atoms with Gasteiger partial charge >= 0.3 is 0 Å². The van der Waals surface area contributed by atoms with Gasteiger partial charge in [0.05, 0.1) is 11.0 Å². The normalized spacial score (nSPS) is 10.9. The van der Waals surface area contributed by atoms with E-state index in [9.17, 15) is 9.59 Å². The monoisotopic (exact) mass is 437 g/mol. The summed E-state index contributed by atoms with van der Waals surface area (Å²) >= 11 is 0. The highest BCUT2D eigenvalue weighted by molar-refractivity contribution is 6.06. The van der Waals surface area contributed by atoms with Gasteiger partial charge in [0.25, 0.3) is 5.91 Å². The fourth-order valence-electron chi connectivity index (χ4n) is 3.66. The second kappa shape index (κ2) is 8.01. The molecule has 162 valence electrons. The van der Waals surface area contributed by atoms with Crippen molar-refractivity contribution in [2.45, 2.75) is 0 Å². The Morgan fingerprint density at radius 2 is 1.76 bits per heavy atom. The number of fused-ring (bicyclic) bond motifs is 3. The maximum Gasteiger partial charge on any atom is 0.254 e. The number of nitrogens with two attached hydrogens (primary N) is 1. The third kappa shape index (κ3) is 3.70. The second-order valence-corrected chi connectivity index (χ2v) is 7.34. The minimum atomic E-state index is -0.601. The predicted octanol–water partition coefficient (Wildman–Crippen LogP) is 4.50. The van der Waals surface area contributed by atoms with Crippen molar-refractivity contribution < 1.29 is 14.3 Å². The Hall–Kier alpha value is -4.85. The molecule has 8 nitrogen and oxygen atoms in total. The zero-order chi connectivity index (χ0) is 22.9. The molecule has 0 atom stereocenters. The molecule has 0 radical (unpaired) electrons. The molecule has 5 aromatic rings. The van der Waals surface area contributed by atoms with Crippen molar-refractivity contribution >= 4 is 34.2 Å². The van der Waals surface area contributed by atoms with E-state index in [1.807, 2.05) is 54.6 Å². The van der Waals surface area contributed by atoms with Crippen LogP contribution in [0.4, 0.5) is 5.69 Å². The molecule has 8 heteroatoms. The Kier molecular flexibility index (Phi) is 4.87. The summed E-state index contributed by atoms with van der Waals surface area (Å²) in [6.45, 7) is 3.46. The number of rotatable bonds is 6. The molecule has 5 rings (SSSR count). The van der Waals surface area contributed by atoms with Crippen LogP contribution in [0.25, 0.3) is 27.9 Å². The average Bonchev–Trinajstić information content (AvgIpc) is 3.36. The molecule has 33 heavy (non-hydrogen) atoms. The molecule has 0 aliphatic rings. The summed E-state index contributed by atoms with van der Waals surface area (Å²) in [5.41, 5.74) is 9.65. The van der Waals surface area contributed by atoms with Crippen molar-refractivity contribution in [1.29, 1.82) is 0 Å². The molecular weight excluding hydrogens is 418 g/mol. The maximum atomic E-state index is 12.4. The third-order valence-corrected chi connectivity index (χ3v) is 5.17. The van der Waals surface area contributed by atoms with Crippen LogP contribution in [0.2, 0.25) is 0 Å². The summed E-state index contributed by atoms with van der Waals surface area (Å²) in [5.74, 6) is 0.460. The van der Waals surface area contributed by atoms with Crippen LogP contribution in [0.5, 0.6) is 11.5 Å². The van der Waals surface area contributed by atoms with Crippen molar-refractivity contribution in [3.8, 4) is 22.8 Å². The first-order chi connectivity index (χ1) is 16.0. The van der Waals surface area contributed by atoms with Crippen molar-refractivity contribution in [1.82, 2.24) is 14.6 Å². The van der Waals surface area contributed by atoms with Gasteiger partial charge in [-0.05, 0) is 60.7 Å². The molecule has 0 fully saturated rings. The van der Waals surface area contributed by atoms with Crippen LogP contribution in [0.15, 0.2) is 85.5 Å². The minimum absolute atomic E-state index is 0.277. The van der Waals surface area contributed by atoms with E-state index >= 15 is 0 Å². The number of nitrogens with zero attached hydrogens (tertiary/aromatic N) is 2. The summed E-state index contributed by atoms with van der Waals surface area (Å²) in [5, 5.41) is 7.38. The maximum absolute atomic E-state index is 12.4. The third-order valence-electron chi connectivity index (χ3n) is 5.17. The predicted molar refractivity (Wildman–Crippen MR) is 126 cm³/mol. The quantitative estimate of drug-likeness (QED) is 0.339. The Morgan fingerprint density at radius 1 is 1.03 bits per heavy atom. The molecule has 2 heterocycles. The smallest absolute Gasteiger partial charge is 0.254 e. The van der Waals surface area contributed by atoms with E-state index in [1.165, 1.54) is 6.08 Å². The van der Waals surface area contributed by atoms with E-state index < -0.39 is 5.91 Å². The first kappa shape index (κ1) is 20.1. The zero-order valence-corrected chi connectivity index (χ0v) is 17.4. The standard InChI is InChI=1S/C25H19N5O3/c1-2-21(31)27-16-10-13-19-20(14-16)30-25(28-19)22(24(26)32)23(29-30)15-8-11-18(12-9-15)33-17-6-4-3-5-7-17/h2-14,28H,1H2,(H2,26,32)(H,27,31). The van der Waals surface area contributed by atoms with Crippen molar-refractivity contribution in [2.75, 3.05) is 5.32 Å². The van der Waals surface area contributed by atoms with Gasteiger partial charge in [0.15, 0.2) is 0 Å². The summed E-state index contributed by atoms with van der Waals surface area (Å²) in [4.78, 5) is 27.2. The minimum Gasteiger partial charge on any atom is -0.457 e. The van der Waals surface area contributed by atoms with Crippen molar-refractivity contribution in [3.63, 3.8) is 0 Å². The van der Waals surface area contributed by atoms with E-state index in [0.717, 1.165) is 11.3 Å². The van der Waals surface area contributed by atoms with Gasteiger partial charge in [-0.1, -0.05) is 24.8 Å². The van der Waals surface area contributed by atoms with E-state index in [4.69, 9.17) is 10.5 Å². The van der Waals surface area contributed by atoms with Gasteiger partial charge < -0.3 is 20.8 Å². The molecule has 0 saturated carbocycles. The zero-order valence-electron chi connectivity index (χ0n) is 17.4. The number of carbonyl (C=O) groups excluding carboxylic acids is 2. The fraction of sp³-hybridized carbons (Fsp3) is 0. The van der Waals surface area contributed by atoms with Crippen LogP contribution in [-0.2, 0) is 4.79 Å². The molecule has 0 saturated heterocycles. The number of imidazole rings is 1. The molecular formula is C25H19N5O3. The number of ether oxygens (including phenoxy) is 1. The Labute approximate surface area is 188 Å². The highest BCUT2D eigenvalue weighted by atomic mass is 16.5. The average molecular weight is 437 g/mol. The molecule has 3 aromatic carbocycles. The summed E-state index contributed by atoms with van der Waals surface area (Å²) in [6.07, 6.45) is 1.19. The van der Waals surface area contributed by atoms with E-state index in [2.05, 4.69) is 22.0 Å². The number of hydrogen-bond acceptors (Lipinski definition) is 4. The fourth-order valence-corrected chi connectivity index (χ4v) is 3.66. The van der Waals surface area contributed by atoms with Crippen molar-refractivity contribution in [2.24, 2.45) is 5.73 Å². The largest absolute Gasteiger partial charge is 0.457 e. The second-order valence-electron chi connectivity index (χ2n) is 7.34. The topological polar surface area (TPSA) is 115 Å². The number of nitrogens with one attached hydrogen (secondary N) is 2. The van der Waals surface area contributed by atoms with E-state index in [1.54, 1.807) is 22.7 Å². The number of benzene rings is 3. The number of aromatic amines is 1. The number of anilines is 1. The molecule has 4 N–H and O–H groups in total. The van der Waals surface area contributed by atoms with Crippen LogP contribution in [0.3, 0.4) is 0 Å². The molecule has 0 spiro atoms. The molecule has 2 aromatic heterocycles. The Bertz CT molecular complexity index is 1520. The van der Waals surface area contributed by atoms with Gasteiger partial charge in [0.1, 0.15) is 28.4 Å². The van der Waals surface area contributed by atoms with E-state index in [0.29, 0.717) is 33.9 Å². The van der Waals surface area contributed by atoms with Gasteiger partial charge in [0, 0.05) is 11.3 Å². The Morgan fingerprint density at radius 3 is 2.45 bits per heavy atom.